The number of aryl methyl sites for hydroxylation is 1. The number of carbonyl (C=O) groups excluding carboxylic acids is 1. The number of carbonyl (C=O) groups is 1. The number of anilines is 1. The van der Waals surface area contributed by atoms with Crippen molar-refractivity contribution in [1.29, 1.82) is 0 Å². The largest absolute Gasteiger partial charge is 0.325 e. The van der Waals surface area contributed by atoms with Crippen molar-refractivity contribution < 1.29 is 4.79 Å². The van der Waals surface area contributed by atoms with E-state index in [4.69, 9.17) is 0 Å². The van der Waals surface area contributed by atoms with Crippen molar-refractivity contribution in [2.45, 2.75) is 6.92 Å². The van der Waals surface area contributed by atoms with Gasteiger partial charge in [-0.3, -0.25) is 14.6 Å². The summed E-state index contributed by atoms with van der Waals surface area (Å²) >= 11 is 0. The second kappa shape index (κ2) is 4.70. The number of hydrogen-bond acceptors (Lipinski definition) is 3. The van der Waals surface area contributed by atoms with Gasteiger partial charge in [-0.05, 0) is 18.6 Å². The Hall–Kier alpha value is -2.63. The molecule has 6 nitrogen and oxygen atoms in total. The summed E-state index contributed by atoms with van der Waals surface area (Å²) in [6, 6.07) is 7.01. The highest BCUT2D eigenvalue weighted by Crippen LogP contribution is 2.08. The summed E-state index contributed by atoms with van der Waals surface area (Å²) in [5.41, 5.74) is 0.0244. The van der Waals surface area contributed by atoms with Crippen LogP contribution in [-0.4, -0.2) is 15.9 Å². The average molecular weight is 245 g/mol. The predicted molar refractivity (Wildman–Crippen MR) is 66.8 cm³/mol. The quantitative estimate of drug-likeness (QED) is 0.724. The number of H-pyrrole nitrogens is 2. The molecule has 6 heteroatoms. The van der Waals surface area contributed by atoms with Gasteiger partial charge in [0.1, 0.15) is 5.69 Å². The van der Waals surface area contributed by atoms with Gasteiger partial charge in [-0.25, -0.2) is 4.79 Å². The van der Waals surface area contributed by atoms with Crippen LogP contribution in [-0.2, 0) is 0 Å². The normalized spacial score (nSPS) is 10.1. The maximum absolute atomic E-state index is 11.9. The topological polar surface area (TPSA) is 94.8 Å². The van der Waals surface area contributed by atoms with E-state index < -0.39 is 17.2 Å². The molecule has 0 saturated heterocycles. The van der Waals surface area contributed by atoms with Crippen molar-refractivity contribution in [2.75, 3.05) is 5.32 Å². The second-order valence-corrected chi connectivity index (χ2v) is 3.75. The van der Waals surface area contributed by atoms with E-state index in [0.717, 1.165) is 11.8 Å². The molecule has 1 heterocycles. The highest BCUT2D eigenvalue weighted by atomic mass is 16.2. The summed E-state index contributed by atoms with van der Waals surface area (Å²) in [4.78, 5) is 38.5. The van der Waals surface area contributed by atoms with E-state index in [-0.39, 0.29) is 5.69 Å². The minimum absolute atomic E-state index is 0.00264. The molecule has 18 heavy (non-hydrogen) atoms. The molecule has 0 bridgehead atoms. The van der Waals surface area contributed by atoms with Crippen LogP contribution in [0.2, 0.25) is 0 Å². The van der Waals surface area contributed by atoms with Gasteiger partial charge >= 0.3 is 5.69 Å². The lowest BCUT2D eigenvalue weighted by atomic mass is 10.1. The number of nitrogens with one attached hydrogen (secondary N) is 3. The second-order valence-electron chi connectivity index (χ2n) is 3.75. The van der Waals surface area contributed by atoms with Crippen molar-refractivity contribution in [1.82, 2.24) is 9.97 Å². The van der Waals surface area contributed by atoms with Gasteiger partial charge in [-0.2, -0.15) is 0 Å². The Bertz CT molecular complexity index is 700. The molecule has 0 fully saturated rings. The molecule has 92 valence electrons. The molecule has 0 unspecified atom stereocenters. The van der Waals surface area contributed by atoms with Crippen LogP contribution >= 0.6 is 0 Å². The average Bonchev–Trinajstić information content (AvgIpc) is 2.33. The first-order valence-electron chi connectivity index (χ1n) is 5.27. The Morgan fingerprint density at radius 2 is 1.94 bits per heavy atom. The van der Waals surface area contributed by atoms with Gasteiger partial charge in [0.25, 0.3) is 11.5 Å². The van der Waals surface area contributed by atoms with Crippen LogP contribution in [0, 0.1) is 6.92 Å². The summed E-state index contributed by atoms with van der Waals surface area (Å²) in [7, 11) is 0. The molecule has 1 aromatic carbocycles. The first-order chi connectivity index (χ1) is 8.58. The van der Waals surface area contributed by atoms with E-state index in [2.05, 4.69) is 10.3 Å². The third-order valence-electron chi connectivity index (χ3n) is 2.46. The van der Waals surface area contributed by atoms with Crippen molar-refractivity contribution in [3.05, 3.63) is 62.4 Å². The molecular weight excluding hydrogens is 234 g/mol. The smallest absolute Gasteiger partial charge is 0.316 e. The number of aromatic nitrogens is 2. The Morgan fingerprint density at radius 1 is 1.22 bits per heavy atom. The van der Waals surface area contributed by atoms with Crippen molar-refractivity contribution >= 4 is 11.6 Å². The number of aromatic amines is 2. The molecular formula is C12H11N3O3. The Balaban J connectivity index is 2.30. The maximum Gasteiger partial charge on any atom is 0.325 e. The first kappa shape index (κ1) is 11.8. The zero-order valence-corrected chi connectivity index (χ0v) is 9.61. The van der Waals surface area contributed by atoms with Crippen LogP contribution in [0.5, 0.6) is 0 Å². The van der Waals surface area contributed by atoms with E-state index in [0.29, 0.717) is 5.56 Å². The number of amides is 1. The zero-order chi connectivity index (χ0) is 13.1. The van der Waals surface area contributed by atoms with Crippen molar-refractivity contribution in [3.63, 3.8) is 0 Å². The molecule has 1 amide bonds. The van der Waals surface area contributed by atoms with E-state index in [1.54, 1.807) is 25.1 Å². The van der Waals surface area contributed by atoms with E-state index in [9.17, 15) is 14.4 Å². The summed E-state index contributed by atoms with van der Waals surface area (Å²) in [6.07, 6.45) is 1.16. The monoisotopic (exact) mass is 245 g/mol. The van der Waals surface area contributed by atoms with E-state index in [1.807, 2.05) is 11.1 Å². The van der Waals surface area contributed by atoms with Crippen LogP contribution in [0.3, 0.4) is 0 Å². The lowest BCUT2D eigenvalue weighted by molar-refractivity contribution is 0.102. The minimum atomic E-state index is -0.638. The van der Waals surface area contributed by atoms with Gasteiger partial charge in [0.2, 0.25) is 0 Å². The molecule has 3 N–H and O–H groups in total. The van der Waals surface area contributed by atoms with Gasteiger partial charge in [0, 0.05) is 11.8 Å². The minimum Gasteiger partial charge on any atom is -0.316 e. The molecule has 0 saturated carbocycles. The Labute approximate surface area is 102 Å². The molecule has 0 spiro atoms. The molecule has 1 aromatic heterocycles. The molecule has 0 aliphatic rings. The van der Waals surface area contributed by atoms with Crippen LogP contribution < -0.4 is 16.6 Å². The SMILES string of the molecule is Cc1ccccc1C(=O)Nc1c[nH]c(=O)[nH]c1=O. The van der Waals surface area contributed by atoms with Crippen LogP contribution in [0.1, 0.15) is 15.9 Å². The van der Waals surface area contributed by atoms with Gasteiger partial charge in [0.15, 0.2) is 0 Å². The lowest BCUT2D eigenvalue weighted by Gasteiger charge is -2.06. The van der Waals surface area contributed by atoms with Gasteiger partial charge in [0.05, 0.1) is 0 Å². The third kappa shape index (κ3) is 2.37. The van der Waals surface area contributed by atoms with Gasteiger partial charge < -0.3 is 10.3 Å². The first-order valence-corrected chi connectivity index (χ1v) is 5.27. The van der Waals surface area contributed by atoms with Crippen LogP contribution in [0.4, 0.5) is 5.69 Å². The molecule has 0 aliphatic heterocycles. The summed E-state index contributed by atoms with van der Waals surface area (Å²) < 4.78 is 0. The summed E-state index contributed by atoms with van der Waals surface area (Å²) in [6.45, 7) is 1.80. The van der Waals surface area contributed by atoms with E-state index >= 15 is 0 Å². The number of benzene rings is 1. The zero-order valence-electron chi connectivity index (χ0n) is 9.61. The fourth-order valence-corrected chi connectivity index (χ4v) is 1.52. The van der Waals surface area contributed by atoms with Gasteiger partial charge in [-0.15, -0.1) is 0 Å². The number of rotatable bonds is 2. The fourth-order valence-electron chi connectivity index (χ4n) is 1.52. The summed E-state index contributed by atoms with van der Waals surface area (Å²) in [5, 5.41) is 2.44. The molecule has 0 aliphatic carbocycles. The lowest BCUT2D eigenvalue weighted by Crippen LogP contribution is -2.26. The van der Waals surface area contributed by atoms with Crippen LogP contribution in [0.25, 0.3) is 0 Å². The molecule has 2 rings (SSSR count). The Kier molecular flexibility index (Phi) is 3.09. The highest BCUT2D eigenvalue weighted by molar-refractivity contribution is 6.05. The molecule has 2 aromatic rings. The third-order valence-corrected chi connectivity index (χ3v) is 2.46. The van der Waals surface area contributed by atoms with Crippen LogP contribution in [0.15, 0.2) is 40.1 Å². The number of hydrogen-bond donors (Lipinski definition) is 3. The maximum atomic E-state index is 11.9. The summed E-state index contributed by atoms with van der Waals surface area (Å²) in [5.74, 6) is -0.398. The van der Waals surface area contributed by atoms with Gasteiger partial charge in [-0.1, -0.05) is 18.2 Å². The molecule has 0 radical (unpaired) electrons. The van der Waals surface area contributed by atoms with E-state index in [1.165, 1.54) is 0 Å². The standard InChI is InChI=1S/C12H11N3O3/c1-7-4-2-3-5-8(7)10(16)14-9-6-13-12(18)15-11(9)17/h2-6H,1H3,(H,14,16)(H2,13,15,17,18). The van der Waals surface area contributed by atoms with Crippen molar-refractivity contribution in [2.24, 2.45) is 0 Å². The predicted octanol–water partition coefficient (Wildman–Crippen LogP) is 0.624. The van der Waals surface area contributed by atoms with Crippen molar-refractivity contribution in [3.8, 4) is 0 Å². The fraction of sp³-hybridized carbons (Fsp3) is 0.0833. The molecule has 0 atom stereocenters. The Morgan fingerprint density at radius 3 is 2.61 bits per heavy atom. The highest BCUT2D eigenvalue weighted by Gasteiger charge is 2.10.